The van der Waals surface area contributed by atoms with Gasteiger partial charge in [0.05, 0.1) is 30.8 Å². The van der Waals surface area contributed by atoms with E-state index in [1.54, 1.807) is 13.8 Å². The van der Waals surface area contributed by atoms with Crippen molar-refractivity contribution in [3.8, 4) is 0 Å². The average molecular weight is 230 g/mol. The molecule has 0 aliphatic carbocycles. The van der Waals surface area contributed by atoms with Gasteiger partial charge in [0.1, 0.15) is 0 Å². The molecule has 3 atom stereocenters. The van der Waals surface area contributed by atoms with Crippen molar-refractivity contribution in [2.24, 2.45) is 0 Å². The fourth-order valence-electron chi connectivity index (χ4n) is 0.871. The third kappa shape index (κ3) is 7.24. The summed E-state index contributed by atoms with van der Waals surface area (Å²) in [5, 5.41) is 27.3. The highest BCUT2D eigenvalue weighted by Gasteiger charge is 2.25. The quantitative estimate of drug-likeness (QED) is 0.446. The third-order valence-electron chi connectivity index (χ3n) is 2.16. The molecule has 0 saturated carbocycles. The third-order valence-corrected chi connectivity index (χ3v) is 2.16. The minimum atomic E-state index is -0.791. The summed E-state index contributed by atoms with van der Waals surface area (Å²) in [6.07, 6.45) is -0.183. The maximum absolute atomic E-state index is 9.47. The van der Waals surface area contributed by atoms with Crippen molar-refractivity contribution in [3.63, 3.8) is 0 Å². The molecule has 16 heavy (non-hydrogen) atoms. The summed E-state index contributed by atoms with van der Waals surface area (Å²) < 4.78 is 10.2. The van der Waals surface area contributed by atoms with Crippen molar-refractivity contribution < 1.29 is 24.6 Å². The predicted octanol–water partition coefficient (Wildman–Crippen LogP) is -0.924. The lowest BCUT2D eigenvalue weighted by molar-refractivity contribution is -0.0442. The monoisotopic (exact) mass is 230 g/mol. The van der Waals surface area contributed by atoms with E-state index in [1.165, 1.54) is 7.48 Å². The molecule has 0 fully saturated rings. The van der Waals surface area contributed by atoms with Crippen LogP contribution < -0.4 is 0 Å². The van der Waals surface area contributed by atoms with Crippen molar-refractivity contribution in [1.29, 1.82) is 0 Å². The summed E-state index contributed by atoms with van der Waals surface area (Å²) in [4.78, 5) is 0. The zero-order valence-corrected chi connectivity index (χ0v) is 10.1. The second-order valence-electron chi connectivity index (χ2n) is 3.97. The lowest BCUT2D eigenvalue weighted by Gasteiger charge is -2.26. The Hall–Kier alpha value is -0.0701. The van der Waals surface area contributed by atoms with E-state index in [2.05, 4.69) is 0 Å². The molecule has 0 aromatic rings. The second kappa shape index (κ2) is 8.08. The van der Waals surface area contributed by atoms with Crippen LogP contribution in [0.15, 0.2) is 0 Å². The molecule has 0 aliphatic heterocycles. The molecule has 0 saturated heterocycles. The molecule has 0 heterocycles. The van der Waals surface area contributed by atoms with Crippen LogP contribution in [0.3, 0.4) is 0 Å². The number of rotatable bonds is 9. The number of hydrogen-bond acceptors (Lipinski definition) is 5. The summed E-state index contributed by atoms with van der Waals surface area (Å²) in [5.74, 6) is 0. The average Bonchev–Trinajstić information content (AvgIpc) is 2.25. The summed E-state index contributed by atoms with van der Waals surface area (Å²) in [5.41, 5.74) is -0.741. The first-order valence-corrected chi connectivity index (χ1v) is 5.37. The first-order valence-electron chi connectivity index (χ1n) is 5.37. The van der Waals surface area contributed by atoms with E-state index in [0.29, 0.717) is 6.42 Å². The fourth-order valence-corrected chi connectivity index (χ4v) is 0.871. The van der Waals surface area contributed by atoms with Crippen molar-refractivity contribution in [2.45, 2.75) is 44.8 Å². The van der Waals surface area contributed by atoms with E-state index in [4.69, 9.17) is 19.5 Å². The highest BCUT2D eigenvalue weighted by molar-refractivity contribution is 6.29. The molecule has 5 nitrogen and oxygen atoms in total. The fraction of sp³-hybridized carbons (Fsp3) is 1.00. The molecule has 0 aromatic carbocycles. The molecule has 0 bridgehead atoms. The van der Waals surface area contributed by atoms with Gasteiger partial charge in [0.2, 0.25) is 0 Å². The molecular weight excluding hydrogens is 210 g/mol. The van der Waals surface area contributed by atoms with E-state index in [0.717, 1.165) is 7.48 Å². The molecule has 0 aliphatic rings. The zero-order valence-electron chi connectivity index (χ0n) is 10.1. The topological polar surface area (TPSA) is 79.2 Å². The minimum absolute atomic E-state index is 0.0517. The Kier molecular flexibility index (Phi) is 8.05. The van der Waals surface area contributed by atoms with Crippen molar-refractivity contribution in [2.75, 3.05) is 13.2 Å². The maximum Gasteiger partial charge on any atom is 0.323 e. The minimum Gasteiger partial charge on any atom is -0.452 e. The Labute approximate surface area is 98.3 Å². The first kappa shape index (κ1) is 15.9. The Balaban J connectivity index is 3.67. The van der Waals surface area contributed by atoms with Gasteiger partial charge >= 0.3 is 15.0 Å². The SMILES string of the molecule is CCC(C)([B]O)OCC(O)CO[B]C(C)O. The van der Waals surface area contributed by atoms with Gasteiger partial charge in [0.25, 0.3) is 0 Å². The lowest BCUT2D eigenvalue weighted by atomic mass is 9.75. The summed E-state index contributed by atoms with van der Waals surface area (Å²) in [7, 11) is 2.21. The van der Waals surface area contributed by atoms with Crippen molar-refractivity contribution in [3.05, 3.63) is 0 Å². The molecule has 92 valence electrons. The lowest BCUT2D eigenvalue weighted by Crippen LogP contribution is -2.39. The molecule has 0 spiro atoms. The van der Waals surface area contributed by atoms with Crippen LogP contribution >= 0.6 is 0 Å². The van der Waals surface area contributed by atoms with E-state index in [9.17, 15) is 5.11 Å². The normalized spacial score (nSPS) is 18.6. The molecular formula is C9H20B2O5. The van der Waals surface area contributed by atoms with Gasteiger partial charge in [-0.25, -0.2) is 0 Å². The van der Waals surface area contributed by atoms with Crippen LogP contribution in [-0.2, 0) is 9.39 Å². The van der Waals surface area contributed by atoms with Crippen LogP contribution in [0.25, 0.3) is 0 Å². The molecule has 2 radical (unpaired) electrons. The zero-order chi connectivity index (χ0) is 12.6. The Bertz CT molecular complexity index is 175. The predicted molar refractivity (Wildman–Crippen MR) is 62.0 cm³/mol. The van der Waals surface area contributed by atoms with Gasteiger partial charge in [0.15, 0.2) is 0 Å². The van der Waals surface area contributed by atoms with E-state index >= 15 is 0 Å². The van der Waals surface area contributed by atoms with Gasteiger partial charge in [-0.05, 0) is 20.3 Å². The summed E-state index contributed by atoms with van der Waals surface area (Å²) >= 11 is 0. The number of aliphatic hydroxyl groups is 2. The van der Waals surface area contributed by atoms with Gasteiger partial charge in [-0.2, -0.15) is 0 Å². The largest absolute Gasteiger partial charge is 0.452 e. The van der Waals surface area contributed by atoms with Crippen LogP contribution in [0.2, 0.25) is 0 Å². The number of aliphatic hydroxyl groups excluding tert-OH is 2. The van der Waals surface area contributed by atoms with E-state index < -0.39 is 17.6 Å². The van der Waals surface area contributed by atoms with Gasteiger partial charge in [0, 0.05) is 0 Å². The van der Waals surface area contributed by atoms with Gasteiger partial charge in [-0.3, -0.25) is 0 Å². The van der Waals surface area contributed by atoms with Crippen molar-refractivity contribution in [1.82, 2.24) is 0 Å². The standard InChI is InChI=1S/C9H20B2O5/c1-4-9(3,11-14)15-5-8(13)6-16-10-7(2)12/h7-8,12-14H,4-6H2,1-3H3. The van der Waals surface area contributed by atoms with Crippen LogP contribution in [0.5, 0.6) is 0 Å². The smallest absolute Gasteiger partial charge is 0.323 e. The molecule has 0 rings (SSSR count). The van der Waals surface area contributed by atoms with Gasteiger partial charge < -0.3 is 24.6 Å². The molecule has 0 amide bonds. The second-order valence-corrected chi connectivity index (χ2v) is 3.97. The van der Waals surface area contributed by atoms with Crippen LogP contribution in [0, 0.1) is 0 Å². The van der Waals surface area contributed by atoms with Crippen LogP contribution in [0.4, 0.5) is 0 Å². The van der Waals surface area contributed by atoms with Crippen molar-refractivity contribution >= 4 is 15.0 Å². The summed E-state index contributed by atoms with van der Waals surface area (Å²) in [6.45, 7) is 5.27. The maximum atomic E-state index is 9.47. The van der Waals surface area contributed by atoms with Crippen LogP contribution in [-0.4, -0.2) is 61.0 Å². The molecule has 0 aromatic heterocycles. The Morgan fingerprint density at radius 1 is 1.31 bits per heavy atom. The van der Waals surface area contributed by atoms with Crippen LogP contribution in [0.1, 0.15) is 27.2 Å². The summed E-state index contributed by atoms with van der Waals surface area (Å²) in [6, 6.07) is -0.667. The Morgan fingerprint density at radius 3 is 2.38 bits per heavy atom. The molecule has 3 unspecified atom stereocenters. The molecule has 7 heteroatoms. The van der Waals surface area contributed by atoms with Gasteiger partial charge in [-0.15, -0.1) is 0 Å². The molecule has 3 N–H and O–H groups in total. The highest BCUT2D eigenvalue weighted by atomic mass is 16.5. The Morgan fingerprint density at radius 2 is 1.94 bits per heavy atom. The number of ether oxygens (including phenoxy) is 1. The van der Waals surface area contributed by atoms with E-state index in [-0.39, 0.29) is 13.2 Å². The highest BCUT2D eigenvalue weighted by Crippen LogP contribution is 2.12. The van der Waals surface area contributed by atoms with E-state index in [1.807, 2.05) is 6.92 Å². The number of hydrogen-bond donors (Lipinski definition) is 3. The van der Waals surface area contributed by atoms with Gasteiger partial charge in [-0.1, -0.05) is 6.92 Å². The first-order chi connectivity index (χ1) is 7.43.